The van der Waals surface area contributed by atoms with Crippen molar-refractivity contribution < 1.29 is 14.3 Å². The van der Waals surface area contributed by atoms with E-state index < -0.39 is 5.97 Å². The fourth-order valence-electron chi connectivity index (χ4n) is 1.78. The number of ether oxygens (including phenoxy) is 1. The molecular weight excluding hydrogens is 325 g/mol. The van der Waals surface area contributed by atoms with E-state index in [-0.39, 0.29) is 21.7 Å². The van der Waals surface area contributed by atoms with Crippen molar-refractivity contribution in [2.24, 2.45) is 0 Å². The molecule has 0 unspecified atom stereocenters. The second kappa shape index (κ2) is 6.81. The molecular formula is C16H13Cl2NO3. The molecule has 2 aromatic rings. The molecule has 114 valence electrons. The molecule has 1 amide bonds. The van der Waals surface area contributed by atoms with E-state index in [0.717, 1.165) is 5.56 Å². The SMILES string of the molecule is CC(=O)Oc1c(Cl)cc(NC(=O)c2ccc(C)cc2)cc1Cl. The fourth-order valence-corrected chi connectivity index (χ4v) is 2.35. The van der Waals surface area contributed by atoms with Crippen molar-refractivity contribution in [3.63, 3.8) is 0 Å². The van der Waals surface area contributed by atoms with Crippen LogP contribution in [0.2, 0.25) is 10.0 Å². The van der Waals surface area contributed by atoms with Crippen LogP contribution in [0.3, 0.4) is 0 Å². The first-order chi connectivity index (χ1) is 10.4. The van der Waals surface area contributed by atoms with Crippen molar-refractivity contribution >= 4 is 40.8 Å². The highest BCUT2D eigenvalue weighted by Crippen LogP contribution is 2.36. The Labute approximate surface area is 138 Å². The summed E-state index contributed by atoms with van der Waals surface area (Å²) >= 11 is 12.0. The summed E-state index contributed by atoms with van der Waals surface area (Å²) < 4.78 is 4.92. The van der Waals surface area contributed by atoms with Gasteiger partial charge < -0.3 is 10.1 Å². The van der Waals surface area contributed by atoms with Crippen molar-refractivity contribution in [3.05, 3.63) is 57.6 Å². The maximum atomic E-state index is 12.1. The van der Waals surface area contributed by atoms with Crippen LogP contribution < -0.4 is 10.1 Å². The van der Waals surface area contributed by atoms with Gasteiger partial charge in [0.1, 0.15) is 0 Å². The van der Waals surface area contributed by atoms with E-state index in [1.807, 2.05) is 19.1 Å². The second-order valence-electron chi connectivity index (χ2n) is 4.68. The number of benzene rings is 2. The highest BCUT2D eigenvalue weighted by Gasteiger charge is 2.13. The van der Waals surface area contributed by atoms with Crippen LogP contribution in [0.25, 0.3) is 0 Å². The first-order valence-corrected chi connectivity index (χ1v) is 7.18. The molecule has 0 atom stereocenters. The first kappa shape index (κ1) is 16.3. The number of halogens is 2. The smallest absolute Gasteiger partial charge is 0.308 e. The second-order valence-corrected chi connectivity index (χ2v) is 5.50. The third-order valence-corrected chi connectivity index (χ3v) is 3.38. The van der Waals surface area contributed by atoms with E-state index in [0.29, 0.717) is 11.3 Å². The van der Waals surface area contributed by atoms with Gasteiger partial charge in [-0.2, -0.15) is 0 Å². The zero-order valence-electron chi connectivity index (χ0n) is 11.9. The quantitative estimate of drug-likeness (QED) is 0.663. The Bertz CT molecular complexity index is 704. The zero-order valence-corrected chi connectivity index (χ0v) is 13.5. The van der Waals surface area contributed by atoms with E-state index in [4.69, 9.17) is 27.9 Å². The average molecular weight is 338 g/mol. The van der Waals surface area contributed by atoms with Crippen LogP contribution in [0.1, 0.15) is 22.8 Å². The highest BCUT2D eigenvalue weighted by atomic mass is 35.5. The molecule has 0 fully saturated rings. The number of amides is 1. The Morgan fingerprint density at radius 3 is 2.09 bits per heavy atom. The molecule has 0 heterocycles. The summed E-state index contributed by atoms with van der Waals surface area (Å²) in [5.74, 6) is -0.739. The van der Waals surface area contributed by atoms with Gasteiger partial charge in [0.2, 0.25) is 0 Å². The van der Waals surface area contributed by atoms with Crippen LogP contribution in [0.15, 0.2) is 36.4 Å². The molecule has 0 aliphatic heterocycles. The minimum absolute atomic E-state index is 0.0733. The minimum atomic E-state index is -0.528. The summed E-state index contributed by atoms with van der Waals surface area (Å²) in [6, 6.07) is 10.1. The summed E-state index contributed by atoms with van der Waals surface area (Å²) in [5.41, 5.74) is 1.99. The molecule has 1 N–H and O–H groups in total. The van der Waals surface area contributed by atoms with Crippen molar-refractivity contribution in [2.45, 2.75) is 13.8 Å². The van der Waals surface area contributed by atoms with E-state index in [9.17, 15) is 9.59 Å². The van der Waals surface area contributed by atoms with Gasteiger partial charge in [-0.15, -0.1) is 0 Å². The number of carbonyl (C=O) groups is 2. The summed E-state index contributed by atoms with van der Waals surface area (Å²) in [6.07, 6.45) is 0. The van der Waals surface area contributed by atoms with Gasteiger partial charge in [0.15, 0.2) is 5.75 Å². The molecule has 0 aliphatic carbocycles. The summed E-state index contributed by atoms with van der Waals surface area (Å²) in [5, 5.41) is 2.97. The predicted octanol–water partition coefficient (Wildman–Crippen LogP) is 4.48. The highest BCUT2D eigenvalue weighted by molar-refractivity contribution is 6.38. The molecule has 0 spiro atoms. The van der Waals surface area contributed by atoms with Crippen LogP contribution in [0, 0.1) is 6.92 Å². The number of anilines is 1. The van der Waals surface area contributed by atoms with Gasteiger partial charge >= 0.3 is 5.97 Å². The normalized spacial score (nSPS) is 10.2. The van der Waals surface area contributed by atoms with Crippen molar-refractivity contribution in [1.29, 1.82) is 0 Å². The molecule has 0 aromatic heterocycles. The Morgan fingerprint density at radius 1 is 1.05 bits per heavy atom. The van der Waals surface area contributed by atoms with Gasteiger partial charge in [-0.05, 0) is 31.2 Å². The molecule has 6 heteroatoms. The van der Waals surface area contributed by atoms with Crippen LogP contribution in [0.5, 0.6) is 5.75 Å². The van der Waals surface area contributed by atoms with Crippen LogP contribution in [0.4, 0.5) is 5.69 Å². The number of nitrogens with one attached hydrogen (secondary N) is 1. The predicted molar refractivity (Wildman–Crippen MR) is 86.9 cm³/mol. The van der Waals surface area contributed by atoms with Crippen LogP contribution in [-0.2, 0) is 4.79 Å². The lowest BCUT2D eigenvalue weighted by Gasteiger charge is -2.10. The zero-order chi connectivity index (χ0) is 16.3. The molecule has 0 saturated heterocycles. The Balaban J connectivity index is 2.21. The van der Waals surface area contributed by atoms with E-state index >= 15 is 0 Å². The first-order valence-electron chi connectivity index (χ1n) is 6.42. The van der Waals surface area contributed by atoms with Crippen LogP contribution in [-0.4, -0.2) is 11.9 Å². The third-order valence-electron chi connectivity index (χ3n) is 2.82. The minimum Gasteiger partial charge on any atom is -0.424 e. The van der Waals surface area contributed by atoms with Crippen LogP contribution >= 0.6 is 23.2 Å². The van der Waals surface area contributed by atoms with Gasteiger partial charge in [-0.3, -0.25) is 9.59 Å². The number of rotatable bonds is 3. The molecule has 0 saturated carbocycles. The van der Waals surface area contributed by atoms with E-state index in [1.54, 1.807) is 12.1 Å². The van der Waals surface area contributed by atoms with Gasteiger partial charge in [-0.1, -0.05) is 40.9 Å². The Hall–Kier alpha value is -2.04. The standard InChI is InChI=1S/C16H13Cl2NO3/c1-9-3-5-11(6-4-9)16(21)19-12-7-13(17)15(14(18)8-12)22-10(2)20/h3-8H,1-2H3,(H,19,21). The lowest BCUT2D eigenvalue weighted by Crippen LogP contribution is -2.12. The number of hydrogen-bond acceptors (Lipinski definition) is 3. The Morgan fingerprint density at radius 2 is 1.59 bits per heavy atom. The van der Waals surface area contributed by atoms with E-state index in [1.165, 1.54) is 19.1 Å². The molecule has 4 nitrogen and oxygen atoms in total. The molecule has 22 heavy (non-hydrogen) atoms. The average Bonchev–Trinajstić information content (AvgIpc) is 2.43. The maximum absolute atomic E-state index is 12.1. The molecule has 0 bridgehead atoms. The van der Waals surface area contributed by atoms with E-state index in [2.05, 4.69) is 5.32 Å². The molecule has 0 radical (unpaired) electrons. The monoisotopic (exact) mass is 337 g/mol. The summed E-state index contributed by atoms with van der Waals surface area (Å²) in [7, 11) is 0. The lowest BCUT2D eigenvalue weighted by atomic mass is 10.1. The van der Waals surface area contributed by atoms with Crippen molar-refractivity contribution in [3.8, 4) is 5.75 Å². The largest absolute Gasteiger partial charge is 0.424 e. The Kier molecular flexibility index (Phi) is 5.06. The van der Waals surface area contributed by atoms with Gasteiger partial charge in [0, 0.05) is 18.2 Å². The third kappa shape index (κ3) is 4.00. The van der Waals surface area contributed by atoms with Gasteiger partial charge in [0.25, 0.3) is 5.91 Å². The number of aryl methyl sites for hydroxylation is 1. The summed E-state index contributed by atoms with van der Waals surface area (Å²) in [6.45, 7) is 3.19. The lowest BCUT2D eigenvalue weighted by molar-refractivity contribution is -0.131. The topological polar surface area (TPSA) is 55.4 Å². The molecule has 2 rings (SSSR count). The fraction of sp³-hybridized carbons (Fsp3) is 0.125. The van der Waals surface area contributed by atoms with Crippen molar-refractivity contribution in [2.75, 3.05) is 5.32 Å². The maximum Gasteiger partial charge on any atom is 0.308 e. The summed E-state index contributed by atoms with van der Waals surface area (Å²) in [4.78, 5) is 23.1. The van der Waals surface area contributed by atoms with Crippen molar-refractivity contribution in [1.82, 2.24) is 0 Å². The number of hydrogen-bond donors (Lipinski definition) is 1. The molecule has 2 aromatic carbocycles. The number of carbonyl (C=O) groups excluding carboxylic acids is 2. The van der Waals surface area contributed by atoms with Gasteiger partial charge in [0.05, 0.1) is 10.0 Å². The molecule has 0 aliphatic rings. The number of esters is 1. The van der Waals surface area contributed by atoms with Gasteiger partial charge in [-0.25, -0.2) is 0 Å².